The Balaban J connectivity index is 0.00000261. The molecule has 146 valence electrons. The standard InChI is InChI=1S/C18H20ClN3O3S.ClH/c1-12(13-10-20-11-13)18(23)21-14-5-4-6-15(9-14)26(24,25)22-17-8-3-2-7-16(17)19;/h2-9,12-13,20,22H,10-11H2,1H3,(H,21,23);1H. The minimum absolute atomic E-state index is 0. The lowest BCUT2D eigenvalue weighted by Gasteiger charge is -2.31. The number of hydrogen-bond acceptors (Lipinski definition) is 4. The lowest BCUT2D eigenvalue weighted by atomic mass is 9.88. The fourth-order valence-electron chi connectivity index (χ4n) is 2.62. The van der Waals surface area contributed by atoms with Crippen molar-refractivity contribution in [2.75, 3.05) is 23.1 Å². The molecule has 1 amide bonds. The highest BCUT2D eigenvalue weighted by molar-refractivity contribution is 7.92. The molecule has 9 heteroatoms. The van der Waals surface area contributed by atoms with Gasteiger partial charge in [0.05, 0.1) is 15.6 Å². The van der Waals surface area contributed by atoms with Gasteiger partial charge < -0.3 is 10.6 Å². The summed E-state index contributed by atoms with van der Waals surface area (Å²) in [6.45, 7) is 3.52. The van der Waals surface area contributed by atoms with Crippen molar-refractivity contribution in [2.45, 2.75) is 11.8 Å². The van der Waals surface area contributed by atoms with Gasteiger partial charge in [-0.2, -0.15) is 0 Å². The van der Waals surface area contributed by atoms with Gasteiger partial charge in [0, 0.05) is 11.6 Å². The van der Waals surface area contributed by atoms with E-state index in [1.54, 1.807) is 36.4 Å². The van der Waals surface area contributed by atoms with Gasteiger partial charge in [0.1, 0.15) is 0 Å². The molecule has 1 atom stereocenters. The zero-order chi connectivity index (χ0) is 18.7. The minimum Gasteiger partial charge on any atom is -0.326 e. The summed E-state index contributed by atoms with van der Waals surface area (Å²) >= 11 is 6.01. The molecule has 0 bridgehead atoms. The third kappa shape index (κ3) is 5.13. The third-order valence-electron chi connectivity index (χ3n) is 4.46. The summed E-state index contributed by atoms with van der Waals surface area (Å²) in [4.78, 5) is 12.4. The zero-order valence-corrected chi connectivity index (χ0v) is 17.0. The van der Waals surface area contributed by atoms with Crippen molar-refractivity contribution in [3.8, 4) is 0 Å². The van der Waals surface area contributed by atoms with Crippen molar-refractivity contribution in [1.82, 2.24) is 5.32 Å². The van der Waals surface area contributed by atoms with E-state index in [0.29, 0.717) is 22.3 Å². The maximum Gasteiger partial charge on any atom is 0.262 e. The first-order valence-corrected chi connectivity index (χ1v) is 10.1. The fourth-order valence-corrected chi connectivity index (χ4v) is 3.99. The van der Waals surface area contributed by atoms with Gasteiger partial charge >= 0.3 is 0 Å². The Morgan fingerprint density at radius 3 is 2.52 bits per heavy atom. The predicted molar refractivity (Wildman–Crippen MR) is 110 cm³/mol. The number of carbonyl (C=O) groups is 1. The highest BCUT2D eigenvalue weighted by Crippen LogP contribution is 2.25. The smallest absolute Gasteiger partial charge is 0.262 e. The van der Waals surface area contributed by atoms with E-state index < -0.39 is 10.0 Å². The average molecular weight is 430 g/mol. The molecule has 2 aromatic rings. The second kappa shape index (κ2) is 8.93. The van der Waals surface area contributed by atoms with E-state index in [1.165, 1.54) is 12.1 Å². The van der Waals surface area contributed by atoms with Crippen LogP contribution in [0, 0.1) is 11.8 Å². The van der Waals surface area contributed by atoms with Gasteiger partial charge in [-0.3, -0.25) is 9.52 Å². The van der Waals surface area contributed by atoms with Crippen molar-refractivity contribution in [3.63, 3.8) is 0 Å². The van der Waals surface area contributed by atoms with Crippen LogP contribution in [0.1, 0.15) is 6.92 Å². The van der Waals surface area contributed by atoms with Gasteiger partial charge in [-0.1, -0.05) is 36.7 Å². The second-order valence-corrected chi connectivity index (χ2v) is 8.40. The number of sulfonamides is 1. The molecule has 1 aliphatic heterocycles. The molecule has 0 saturated carbocycles. The van der Waals surface area contributed by atoms with Crippen LogP contribution in [0.5, 0.6) is 0 Å². The highest BCUT2D eigenvalue weighted by atomic mass is 35.5. The molecular weight excluding hydrogens is 409 g/mol. The molecule has 1 fully saturated rings. The van der Waals surface area contributed by atoms with Crippen LogP contribution in [0.15, 0.2) is 53.4 Å². The first kappa shape index (κ1) is 21.5. The Bertz CT molecular complexity index is 918. The van der Waals surface area contributed by atoms with E-state index in [2.05, 4.69) is 15.4 Å². The monoisotopic (exact) mass is 429 g/mol. The first-order valence-electron chi connectivity index (χ1n) is 8.26. The lowest BCUT2D eigenvalue weighted by Crippen LogP contribution is -2.48. The minimum atomic E-state index is -3.82. The number of rotatable bonds is 6. The number of hydrogen-bond donors (Lipinski definition) is 3. The van der Waals surface area contributed by atoms with E-state index >= 15 is 0 Å². The number of nitrogens with one attached hydrogen (secondary N) is 3. The van der Waals surface area contributed by atoms with E-state index in [-0.39, 0.29) is 29.1 Å². The van der Waals surface area contributed by atoms with Crippen molar-refractivity contribution < 1.29 is 13.2 Å². The van der Waals surface area contributed by atoms with Gasteiger partial charge in [0.2, 0.25) is 5.91 Å². The summed E-state index contributed by atoms with van der Waals surface area (Å²) < 4.78 is 27.7. The molecule has 6 nitrogen and oxygen atoms in total. The Labute approximate surface area is 170 Å². The normalized spacial score (nSPS) is 15.2. The van der Waals surface area contributed by atoms with Crippen molar-refractivity contribution in [1.29, 1.82) is 0 Å². The molecule has 1 heterocycles. The van der Waals surface area contributed by atoms with Crippen LogP contribution >= 0.6 is 24.0 Å². The lowest BCUT2D eigenvalue weighted by molar-refractivity contribution is -0.121. The number of para-hydroxylation sites is 1. The van der Waals surface area contributed by atoms with Crippen LogP contribution in [-0.4, -0.2) is 27.4 Å². The predicted octanol–water partition coefficient (Wildman–Crippen LogP) is 3.36. The van der Waals surface area contributed by atoms with E-state index in [0.717, 1.165) is 13.1 Å². The number of carbonyl (C=O) groups excluding carboxylic acids is 1. The average Bonchev–Trinajstić information content (AvgIpc) is 2.55. The number of halogens is 2. The maximum atomic E-state index is 12.6. The van der Waals surface area contributed by atoms with Crippen molar-refractivity contribution in [3.05, 3.63) is 53.6 Å². The number of benzene rings is 2. The van der Waals surface area contributed by atoms with Crippen LogP contribution in [0.25, 0.3) is 0 Å². The largest absolute Gasteiger partial charge is 0.326 e. The summed E-state index contributed by atoms with van der Waals surface area (Å²) in [6, 6.07) is 12.8. The SMILES string of the molecule is CC(C(=O)Nc1cccc(S(=O)(=O)Nc2ccccc2Cl)c1)C1CNC1.Cl. The van der Waals surface area contributed by atoms with Gasteiger partial charge in [-0.05, 0) is 49.3 Å². The van der Waals surface area contributed by atoms with Crippen LogP contribution in [0.3, 0.4) is 0 Å². The molecule has 3 rings (SSSR count). The molecule has 1 aliphatic rings. The third-order valence-corrected chi connectivity index (χ3v) is 6.16. The topological polar surface area (TPSA) is 87.3 Å². The summed E-state index contributed by atoms with van der Waals surface area (Å²) in [5.74, 6) is 0.0479. The summed E-state index contributed by atoms with van der Waals surface area (Å²) in [5, 5.41) is 6.24. The summed E-state index contributed by atoms with van der Waals surface area (Å²) in [7, 11) is -3.82. The van der Waals surface area contributed by atoms with Crippen molar-refractivity contribution >= 4 is 51.3 Å². The van der Waals surface area contributed by atoms with Crippen molar-refractivity contribution in [2.24, 2.45) is 11.8 Å². The molecule has 1 saturated heterocycles. The van der Waals surface area contributed by atoms with Gasteiger partial charge in [-0.15, -0.1) is 12.4 Å². The Morgan fingerprint density at radius 2 is 1.89 bits per heavy atom. The van der Waals surface area contributed by atoms with Gasteiger partial charge in [0.25, 0.3) is 10.0 Å². The molecule has 0 aromatic heterocycles. The molecule has 0 radical (unpaired) electrons. The van der Waals surface area contributed by atoms with E-state index in [9.17, 15) is 13.2 Å². The zero-order valence-electron chi connectivity index (χ0n) is 14.6. The molecular formula is C18H21Cl2N3O3S. The quantitative estimate of drug-likeness (QED) is 0.656. The number of anilines is 2. The van der Waals surface area contributed by atoms with E-state index in [1.807, 2.05) is 6.92 Å². The van der Waals surface area contributed by atoms with Crippen LogP contribution < -0.4 is 15.4 Å². The second-order valence-electron chi connectivity index (χ2n) is 6.31. The molecule has 2 aromatic carbocycles. The van der Waals surface area contributed by atoms with Gasteiger partial charge in [-0.25, -0.2) is 8.42 Å². The molecule has 3 N–H and O–H groups in total. The maximum absolute atomic E-state index is 12.6. The Morgan fingerprint density at radius 1 is 1.19 bits per heavy atom. The first-order chi connectivity index (χ1) is 12.4. The molecule has 0 aliphatic carbocycles. The van der Waals surface area contributed by atoms with Crippen LogP contribution in [-0.2, 0) is 14.8 Å². The molecule has 0 spiro atoms. The Kier molecular flexibility index (Phi) is 7.11. The fraction of sp³-hybridized carbons (Fsp3) is 0.278. The summed E-state index contributed by atoms with van der Waals surface area (Å²) in [5.41, 5.74) is 0.742. The number of amides is 1. The Hall–Kier alpha value is -1.80. The molecule has 1 unspecified atom stereocenters. The highest BCUT2D eigenvalue weighted by Gasteiger charge is 2.28. The van der Waals surface area contributed by atoms with Crippen LogP contribution in [0.4, 0.5) is 11.4 Å². The summed E-state index contributed by atoms with van der Waals surface area (Å²) in [6.07, 6.45) is 0. The molecule has 27 heavy (non-hydrogen) atoms. The van der Waals surface area contributed by atoms with Gasteiger partial charge in [0.15, 0.2) is 0 Å². The van der Waals surface area contributed by atoms with E-state index in [4.69, 9.17) is 11.6 Å². The van der Waals surface area contributed by atoms with Crippen LogP contribution in [0.2, 0.25) is 5.02 Å².